The molecule has 3 N–H and O–H groups in total. The highest BCUT2D eigenvalue weighted by molar-refractivity contribution is 7.93. The Balaban J connectivity index is 1.86. The molecule has 0 saturated carbocycles. The summed E-state index contributed by atoms with van der Waals surface area (Å²) in [7, 11) is -4.09. The van der Waals surface area contributed by atoms with E-state index in [1.807, 2.05) is 19.1 Å². The number of hydrogen-bond donors (Lipinski definition) is 3. The quantitative estimate of drug-likeness (QED) is 0.383. The number of amides is 1. The van der Waals surface area contributed by atoms with Crippen LogP contribution in [0.2, 0.25) is 5.02 Å². The van der Waals surface area contributed by atoms with Crippen LogP contribution in [0.1, 0.15) is 31.7 Å². The number of anilines is 4. The zero-order valence-electron chi connectivity index (χ0n) is 17.8. The van der Waals surface area contributed by atoms with Gasteiger partial charge in [-0.05, 0) is 55.2 Å². The number of aryl methyl sites for hydroxylation is 1. The zero-order valence-corrected chi connectivity index (χ0v) is 20.2. The van der Waals surface area contributed by atoms with Crippen molar-refractivity contribution < 1.29 is 18.3 Å². The third-order valence-corrected chi connectivity index (χ3v) is 7.66. The molecule has 2 aromatic carbocycles. The Morgan fingerprint density at radius 3 is 2.85 bits per heavy atom. The minimum absolute atomic E-state index is 0.0941. The number of phenolic OH excluding ortho intramolecular Hbond substituents is 1. The lowest BCUT2D eigenvalue weighted by Gasteiger charge is -2.33. The molecule has 174 valence electrons. The number of aromatic hydroxyl groups is 1. The van der Waals surface area contributed by atoms with Gasteiger partial charge < -0.3 is 15.3 Å². The van der Waals surface area contributed by atoms with Gasteiger partial charge in [0.05, 0.1) is 5.69 Å². The zero-order chi connectivity index (χ0) is 23.6. The molecule has 2 heterocycles. The first kappa shape index (κ1) is 23.3. The first-order valence-electron chi connectivity index (χ1n) is 10.4. The largest absolute Gasteiger partial charge is 0.504 e. The molecule has 0 fully saturated rings. The predicted octanol–water partition coefficient (Wildman–Crippen LogP) is 5.13. The molecule has 11 heteroatoms. The lowest BCUT2D eigenvalue weighted by molar-refractivity contribution is -0.116. The van der Waals surface area contributed by atoms with Crippen LogP contribution in [0.4, 0.5) is 22.2 Å². The maximum atomic E-state index is 13.3. The van der Waals surface area contributed by atoms with Gasteiger partial charge in [0.15, 0.2) is 10.9 Å². The number of aromatic nitrogens is 1. The topological polar surface area (TPSA) is 112 Å². The molecule has 8 nitrogen and oxygen atoms in total. The number of nitrogens with one attached hydrogen (secondary N) is 2. The number of carbonyl (C=O) groups is 1. The summed E-state index contributed by atoms with van der Waals surface area (Å²) in [6, 6.07) is 8.16. The number of sulfonamides is 1. The van der Waals surface area contributed by atoms with Crippen LogP contribution in [0.3, 0.4) is 0 Å². The van der Waals surface area contributed by atoms with Crippen molar-refractivity contribution in [2.75, 3.05) is 21.5 Å². The molecule has 3 aromatic rings. The van der Waals surface area contributed by atoms with Crippen molar-refractivity contribution in [3.05, 3.63) is 52.5 Å². The van der Waals surface area contributed by atoms with Crippen molar-refractivity contribution in [3.8, 4) is 5.75 Å². The monoisotopic (exact) mass is 506 g/mol. The maximum Gasteiger partial charge on any atom is 0.265 e. The standard InChI is InChI=1S/C22H23ClN4O4S2/c1-2-4-19(28)25-16-7-9-18(33(30,31)26-22-24-10-12-32-22)20(21(16)29)27-11-3-5-14-13-15(23)6-8-17(14)27/h6-10,12-13,29H,2-5,11H2,1H3,(H,24,26)(H,25,28). The third kappa shape index (κ3) is 4.92. The normalized spacial score (nSPS) is 13.5. The van der Waals surface area contributed by atoms with E-state index in [1.165, 1.54) is 18.3 Å². The van der Waals surface area contributed by atoms with Gasteiger partial charge in [0.25, 0.3) is 10.0 Å². The van der Waals surface area contributed by atoms with Gasteiger partial charge in [-0.15, -0.1) is 11.3 Å². The number of carbonyl (C=O) groups excluding carboxylic acids is 1. The molecule has 1 aliphatic heterocycles. The molecule has 1 aromatic heterocycles. The summed E-state index contributed by atoms with van der Waals surface area (Å²) >= 11 is 7.32. The smallest absolute Gasteiger partial charge is 0.265 e. The first-order valence-corrected chi connectivity index (χ1v) is 13.2. The summed E-state index contributed by atoms with van der Waals surface area (Å²) < 4.78 is 29.1. The van der Waals surface area contributed by atoms with Crippen molar-refractivity contribution in [1.29, 1.82) is 0 Å². The summed E-state index contributed by atoms with van der Waals surface area (Å²) in [5, 5.41) is 16.4. The Bertz CT molecular complexity index is 1280. The Morgan fingerprint density at radius 2 is 2.12 bits per heavy atom. The third-order valence-electron chi connectivity index (χ3n) is 5.24. The van der Waals surface area contributed by atoms with Crippen molar-refractivity contribution in [2.45, 2.75) is 37.5 Å². The molecule has 0 saturated heterocycles. The van der Waals surface area contributed by atoms with Gasteiger partial charge in [-0.25, -0.2) is 13.4 Å². The van der Waals surface area contributed by atoms with Crippen LogP contribution in [-0.4, -0.2) is 31.0 Å². The molecule has 4 rings (SSSR count). The second-order valence-electron chi connectivity index (χ2n) is 7.58. The number of halogens is 1. The van der Waals surface area contributed by atoms with Crippen molar-refractivity contribution in [2.24, 2.45) is 0 Å². The van der Waals surface area contributed by atoms with Gasteiger partial charge in [0.2, 0.25) is 5.91 Å². The molecule has 0 atom stereocenters. The van der Waals surface area contributed by atoms with Gasteiger partial charge in [-0.1, -0.05) is 18.5 Å². The summed E-state index contributed by atoms with van der Waals surface area (Å²) in [5.74, 6) is -0.578. The van der Waals surface area contributed by atoms with E-state index in [1.54, 1.807) is 16.3 Å². The average molecular weight is 507 g/mol. The van der Waals surface area contributed by atoms with E-state index in [2.05, 4.69) is 15.0 Å². The van der Waals surface area contributed by atoms with Gasteiger partial charge in [0.1, 0.15) is 10.6 Å². The maximum absolute atomic E-state index is 13.3. The molecular weight excluding hydrogens is 484 g/mol. The van der Waals surface area contributed by atoms with Crippen LogP contribution in [-0.2, 0) is 21.2 Å². The Kier molecular flexibility index (Phi) is 6.78. The number of rotatable bonds is 7. The fourth-order valence-corrected chi connectivity index (χ4v) is 6.01. The summed E-state index contributed by atoms with van der Waals surface area (Å²) in [6.45, 7) is 2.36. The molecular formula is C22H23ClN4O4S2. The Hall–Kier alpha value is -2.82. The molecule has 0 aliphatic carbocycles. The second-order valence-corrected chi connectivity index (χ2v) is 10.6. The van der Waals surface area contributed by atoms with Crippen molar-refractivity contribution in [3.63, 3.8) is 0 Å². The highest BCUT2D eigenvalue weighted by Gasteiger charge is 2.31. The number of nitrogens with zero attached hydrogens (tertiary/aromatic N) is 2. The summed E-state index contributed by atoms with van der Waals surface area (Å²) in [5.41, 5.74) is 1.95. The van der Waals surface area contributed by atoms with E-state index in [0.29, 0.717) is 18.0 Å². The van der Waals surface area contributed by atoms with E-state index >= 15 is 0 Å². The van der Waals surface area contributed by atoms with Crippen LogP contribution in [0.25, 0.3) is 0 Å². The second kappa shape index (κ2) is 9.58. The van der Waals surface area contributed by atoms with Crippen LogP contribution >= 0.6 is 22.9 Å². The fraction of sp³-hybridized carbons (Fsp3) is 0.273. The predicted molar refractivity (Wildman–Crippen MR) is 131 cm³/mol. The summed E-state index contributed by atoms with van der Waals surface area (Å²) in [4.78, 5) is 17.8. The van der Waals surface area contributed by atoms with E-state index < -0.39 is 10.0 Å². The van der Waals surface area contributed by atoms with E-state index in [9.17, 15) is 18.3 Å². The van der Waals surface area contributed by atoms with Gasteiger partial charge >= 0.3 is 0 Å². The SMILES string of the molecule is CCCC(=O)Nc1ccc(S(=O)(=O)Nc2nccs2)c(N2CCCc3cc(Cl)ccc32)c1O. The number of phenols is 1. The van der Waals surface area contributed by atoms with Crippen LogP contribution < -0.4 is 14.9 Å². The number of thiazole rings is 1. The minimum atomic E-state index is -4.09. The van der Waals surface area contributed by atoms with Gasteiger partial charge in [-0.2, -0.15) is 0 Å². The summed E-state index contributed by atoms with van der Waals surface area (Å²) in [6.07, 6.45) is 3.94. The molecule has 33 heavy (non-hydrogen) atoms. The van der Waals surface area contributed by atoms with E-state index in [4.69, 9.17) is 11.6 Å². The van der Waals surface area contributed by atoms with Crippen LogP contribution in [0.15, 0.2) is 46.8 Å². The van der Waals surface area contributed by atoms with E-state index in [0.717, 1.165) is 35.4 Å². The molecule has 1 amide bonds. The van der Waals surface area contributed by atoms with Crippen molar-refractivity contribution >= 4 is 61.1 Å². The van der Waals surface area contributed by atoms with Gasteiger partial charge in [0, 0.05) is 35.3 Å². The number of benzene rings is 2. The Morgan fingerprint density at radius 1 is 1.30 bits per heavy atom. The lowest BCUT2D eigenvalue weighted by Crippen LogP contribution is -2.27. The number of hydrogen-bond acceptors (Lipinski definition) is 7. The lowest BCUT2D eigenvalue weighted by atomic mass is 10.0. The van der Waals surface area contributed by atoms with Crippen LogP contribution in [0.5, 0.6) is 5.75 Å². The minimum Gasteiger partial charge on any atom is -0.504 e. The van der Waals surface area contributed by atoms with E-state index in [-0.39, 0.29) is 39.5 Å². The molecule has 0 bridgehead atoms. The molecule has 0 spiro atoms. The molecule has 1 aliphatic rings. The molecule has 0 unspecified atom stereocenters. The average Bonchev–Trinajstić information content (AvgIpc) is 3.27. The highest BCUT2D eigenvalue weighted by Crippen LogP contribution is 2.46. The molecule has 0 radical (unpaired) electrons. The number of fused-ring (bicyclic) bond motifs is 1. The first-order chi connectivity index (χ1) is 15.8. The van der Waals surface area contributed by atoms with Gasteiger partial charge in [-0.3, -0.25) is 9.52 Å². The van der Waals surface area contributed by atoms with Crippen LogP contribution in [0, 0.1) is 0 Å². The van der Waals surface area contributed by atoms with Crippen molar-refractivity contribution in [1.82, 2.24) is 4.98 Å². The highest BCUT2D eigenvalue weighted by atomic mass is 35.5. The Labute approximate surface area is 201 Å². The fourth-order valence-electron chi connectivity index (χ4n) is 3.82.